The van der Waals surface area contributed by atoms with Crippen molar-refractivity contribution < 1.29 is 4.74 Å². The van der Waals surface area contributed by atoms with Crippen LogP contribution in [0.1, 0.15) is 44.6 Å². The molecule has 0 unspecified atom stereocenters. The molecule has 0 aliphatic carbocycles. The summed E-state index contributed by atoms with van der Waals surface area (Å²) >= 11 is 0. The van der Waals surface area contributed by atoms with E-state index >= 15 is 0 Å². The molecule has 94 valence electrons. The minimum absolute atomic E-state index is 0.360. The number of allylic oxidation sites excluding steroid dienone is 1. The fraction of sp³-hybridized carbons (Fsp3) is 0.500. The van der Waals surface area contributed by atoms with Gasteiger partial charge in [-0.1, -0.05) is 49.2 Å². The molecule has 0 aliphatic heterocycles. The van der Waals surface area contributed by atoms with Gasteiger partial charge in [0.15, 0.2) is 0 Å². The van der Waals surface area contributed by atoms with E-state index < -0.39 is 0 Å². The Hall–Kier alpha value is -1.08. The summed E-state index contributed by atoms with van der Waals surface area (Å²) in [6.07, 6.45) is 8.45. The van der Waals surface area contributed by atoms with E-state index in [1.165, 1.54) is 24.8 Å². The minimum Gasteiger partial charge on any atom is -0.374 e. The molecule has 1 aromatic carbocycles. The van der Waals surface area contributed by atoms with Gasteiger partial charge in [-0.25, -0.2) is 0 Å². The van der Waals surface area contributed by atoms with Crippen molar-refractivity contribution in [3.8, 4) is 0 Å². The molecular formula is C16H24O. The molecule has 1 aromatic rings. The zero-order chi connectivity index (χ0) is 12.3. The van der Waals surface area contributed by atoms with Crippen LogP contribution in [-0.4, -0.2) is 6.10 Å². The lowest BCUT2D eigenvalue weighted by Crippen LogP contribution is -2.07. The van der Waals surface area contributed by atoms with E-state index in [1.807, 2.05) is 12.1 Å². The van der Waals surface area contributed by atoms with E-state index in [0.29, 0.717) is 6.10 Å². The van der Waals surface area contributed by atoms with Gasteiger partial charge in [0.25, 0.3) is 0 Å². The van der Waals surface area contributed by atoms with Crippen LogP contribution in [0.2, 0.25) is 0 Å². The van der Waals surface area contributed by atoms with Crippen LogP contribution in [0.5, 0.6) is 0 Å². The van der Waals surface area contributed by atoms with E-state index in [0.717, 1.165) is 19.4 Å². The Morgan fingerprint density at radius 3 is 2.65 bits per heavy atom. The number of hydrogen-bond acceptors (Lipinski definition) is 1. The number of rotatable bonds is 9. The van der Waals surface area contributed by atoms with E-state index in [1.54, 1.807) is 0 Å². The van der Waals surface area contributed by atoms with Gasteiger partial charge in [0, 0.05) is 0 Å². The third-order valence-electron chi connectivity index (χ3n) is 2.90. The van der Waals surface area contributed by atoms with Crippen molar-refractivity contribution in [3.63, 3.8) is 0 Å². The number of ether oxygens (including phenoxy) is 1. The average Bonchev–Trinajstić information content (AvgIpc) is 2.37. The van der Waals surface area contributed by atoms with E-state index in [2.05, 4.69) is 37.8 Å². The lowest BCUT2D eigenvalue weighted by molar-refractivity contribution is 0.0459. The van der Waals surface area contributed by atoms with Crippen molar-refractivity contribution in [2.24, 2.45) is 0 Å². The molecule has 0 aromatic heterocycles. The highest BCUT2D eigenvalue weighted by Gasteiger charge is 2.02. The quantitative estimate of drug-likeness (QED) is 0.442. The molecule has 17 heavy (non-hydrogen) atoms. The summed E-state index contributed by atoms with van der Waals surface area (Å²) in [5, 5.41) is 0. The Labute approximate surface area is 106 Å². The Morgan fingerprint density at radius 2 is 1.94 bits per heavy atom. The molecular weight excluding hydrogens is 208 g/mol. The number of benzene rings is 1. The second kappa shape index (κ2) is 9.00. The van der Waals surface area contributed by atoms with Crippen LogP contribution in [-0.2, 0) is 11.3 Å². The van der Waals surface area contributed by atoms with Crippen molar-refractivity contribution in [2.45, 2.75) is 51.7 Å². The highest BCUT2D eigenvalue weighted by atomic mass is 16.5. The fourth-order valence-corrected chi connectivity index (χ4v) is 1.79. The summed E-state index contributed by atoms with van der Waals surface area (Å²) in [4.78, 5) is 0. The van der Waals surface area contributed by atoms with Gasteiger partial charge in [-0.15, -0.1) is 6.58 Å². The fourth-order valence-electron chi connectivity index (χ4n) is 1.79. The molecule has 0 spiro atoms. The molecule has 0 bridgehead atoms. The monoisotopic (exact) mass is 232 g/mol. The molecule has 1 rings (SSSR count). The molecule has 1 heteroatoms. The normalized spacial score (nSPS) is 12.3. The first-order chi connectivity index (χ1) is 8.33. The van der Waals surface area contributed by atoms with Gasteiger partial charge in [-0.3, -0.25) is 0 Å². The predicted octanol–water partition coefficient (Wildman–Crippen LogP) is 4.73. The maximum Gasteiger partial charge on any atom is 0.0720 e. The second-order valence-corrected chi connectivity index (χ2v) is 4.53. The van der Waals surface area contributed by atoms with Gasteiger partial charge in [-0.2, -0.15) is 0 Å². The van der Waals surface area contributed by atoms with Gasteiger partial charge in [0.1, 0.15) is 0 Å². The van der Waals surface area contributed by atoms with Crippen LogP contribution in [0.3, 0.4) is 0 Å². The molecule has 0 aliphatic rings. The summed E-state index contributed by atoms with van der Waals surface area (Å²) in [5.74, 6) is 0. The highest BCUT2D eigenvalue weighted by Crippen LogP contribution is 2.10. The van der Waals surface area contributed by atoms with Crippen molar-refractivity contribution in [2.75, 3.05) is 0 Å². The zero-order valence-electron chi connectivity index (χ0n) is 10.9. The van der Waals surface area contributed by atoms with Crippen LogP contribution in [0.4, 0.5) is 0 Å². The van der Waals surface area contributed by atoms with Crippen molar-refractivity contribution >= 4 is 0 Å². The Kier molecular flexibility index (Phi) is 7.40. The zero-order valence-corrected chi connectivity index (χ0v) is 10.9. The molecule has 0 fully saturated rings. The van der Waals surface area contributed by atoms with Gasteiger partial charge >= 0.3 is 0 Å². The summed E-state index contributed by atoms with van der Waals surface area (Å²) in [7, 11) is 0. The smallest absolute Gasteiger partial charge is 0.0720 e. The van der Waals surface area contributed by atoms with Crippen LogP contribution >= 0.6 is 0 Å². The first kappa shape index (κ1) is 14.0. The van der Waals surface area contributed by atoms with Gasteiger partial charge in [0.05, 0.1) is 12.7 Å². The van der Waals surface area contributed by atoms with Crippen LogP contribution < -0.4 is 0 Å². The molecule has 1 atom stereocenters. The third-order valence-corrected chi connectivity index (χ3v) is 2.90. The first-order valence-corrected chi connectivity index (χ1v) is 6.59. The molecule has 1 nitrogen and oxygen atoms in total. The van der Waals surface area contributed by atoms with Gasteiger partial charge < -0.3 is 4.74 Å². The molecule has 0 heterocycles. The van der Waals surface area contributed by atoms with Crippen molar-refractivity contribution in [1.82, 2.24) is 0 Å². The van der Waals surface area contributed by atoms with Gasteiger partial charge in [0.2, 0.25) is 0 Å². The summed E-state index contributed by atoms with van der Waals surface area (Å²) in [5.41, 5.74) is 1.26. The van der Waals surface area contributed by atoms with E-state index in [-0.39, 0.29) is 0 Å². The molecule has 0 saturated carbocycles. The maximum absolute atomic E-state index is 5.81. The van der Waals surface area contributed by atoms with Crippen LogP contribution in [0, 0.1) is 0 Å². The van der Waals surface area contributed by atoms with Crippen molar-refractivity contribution in [3.05, 3.63) is 48.6 Å². The lowest BCUT2D eigenvalue weighted by atomic mass is 10.1. The van der Waals surface area contributed by atoms with E-state index in [4.69, 9.17) is 4.74 Å². The molecule has 0 saturated heterocycles. The third kappa shape index (κ3) is 6.96. The topological polar surface area (TPSA) is 9.23 Å². The summed E-state index contributed by atoms with van der Waals surface area (Å²) in [6.45, 7) is 6.63. The maximum atomic E-state index is 5.81. The van der Waals surface area contributed by atoms with Crippen LogP contribution in [0.15, 0.2) is 43.0 Å². The highest BCUT2D eigenvalue weighted by molar-refractivity contribution is 5.13. The Balaban J connectivity index is 2.05. The Morgan fingerprint density at radius 1 is 1.18 bits per heavy atom. The summed E-state index contributed by atoms with van der Waals surface area (Å²) < 4.78 is 5.81. The standard InChI is InChI=1S/C16H24O/c1-3-4-5-6-8-11-15(2)17-14-16-12-9-7-10-13-16/h3,7,9-10,12-13,15H,1,4-6,8,11,14H2,2H3/t15-/m1/s1. The SMILES string of the molecule is C=CCCCCC[C@@H](C)OCc1ccccc1. The molecule has 0 N–H and O–H groups in total. The lowest BCUT2D eigenvalue weighted by Gasteiger charge is -2.12. The van der Waals surface area contributed by atoms with Crippen LogP contribution in [0.25, 0.3) is 0 Å². The van der Waals surface area contributed by atoms with E-state index in [9.17, 15) is 0 Å². The predicted molar refractivity (Wildman–Crippen MR) is 74.0 cm³/mol. The van der Waals surface area contributed by atoms with Gasteiger partial charge in [-0.05, 0) is 31.7 Å². The minimum atomic E-state index is 0.360. The Bertz CT molecular complexity index is 292. The summed E-state index contributed by atoms with van der Waals surface area (Å²) in [6, 6.07) is 10.4. The molecule has 0 amide bonds. The number of hydrogen-bond donors (Lipinski definition) is 0. The molecule has 0 radical (unpaired) electrons. The second-order valence-electron chi connectivity index (χ2n) is 4.53. The largest absolute Gasteiger partial charge is 0.374 e. The van der Waals surface area contributed by atoms with Crippen molar-refractivity contribution in [1.29, 1.82) is 0 Å². The average molecular weight is 232 g/mol. The first-order valence-electron chi connectivity index (χ1n) is 6.59. The number of unbranched alkanes of at least 4 members (excludes halogenated alkanes) is 3.